The zero-order valence-corrected chi connectivity index (χ0v) is 13.4. The molecule has 1 fully saturated rings. The van der Waals surface area contributed by atoms with E-state index in [0.29, 0.717) is 5.82 Å². The van der Waals surface area contributed by atoms with Crippen molar-refractivity contribution in [1.82, 2.24) is 15.1 Å². The Morgan fingerprint density at radius 3 is 3.05 bits per heavy atom. The quantitative estimate of drug-likeness (QED) is 0.895. The van der Waals surface area contributed by atoms with Gasteiger partial charge in [0, 0.05) is 17.1 Å². The molecule has 0 unspecified atom stereocenters. The van der Waals surface area contributed by atoms with Gasteiger partial charge >= 0.3 is 0 Å². The van der Waals surface area contributed by atoms with Crippen molar-refractivity contribution in [3.8, 4) is 5.69 Å². The van der Waals surface area contributed by atoms with Crippen molar-refractivity contribution in [3.63, 3.8) is 0 Å². The summed E-state index contributed by atoms with van der Waals surface area (Å²) >= 11 is 3.46. The minimum absolute atomic E-state index is 0.0381. The number of aromatic nitrogens is 2. The predicted octanol–water partition coefficient (Wildman–Crippen LogP) is 2.49. The lowest BCUT2D eigenvalue weighted by Gasteiger charge is -2.12. The lowest BCUT2D eigenvalue weighted by Crippen LogP contribution is -2.25. The molecule has 3 rings (SSSR count). The average Bonchev–Trinajstić information content (AvgIpc) is 3.08. The maximum Gasteiger partial charge on any atom is 0.229 e. The molecule has 0 bridgehead atoms. The molecule has 1 aromatic heterocycles. The van der Waals surface area contributed by atoms with E-state index in [1.807, 2.05) is 37.3 Å². The number of carbonyl (C=O) groups excluding carboxylic acids is 1. The van der Waals surface area contributed by atoms with Crippen LogP contribution in [-0.2, 0) is 4.79 Å². The summed E-state index contributed by atoms with van der Waals surface area (Å²) in [6.45, 7) is 3.57. The Hall–Kier alpha value is -1.66. The number of hydrogen-bond acceptors (Lipinski definition) is 3. The fourth-order valence-electron chi connectivity index (χ4n) is 2.50. The molecule has 0 radical (unpaired) electrons. The molecule has 1 aromatic carbocycles. The lowest BCUT2D eigenvalue weighted by molar-refractivity contribution is -0.119. The van der Waals surface area contributed by atoms with E-state index in [1.54, 1.807) is 4.68 Å². The van der Waals surface area contributed by atoms with E-state index in [-0.39, 0.29) is 11.8 Å². The van der Waals surface area contributed by atoms with Gasteiger partial charge in [-0.3, -0.25) is 4.79 Å². The Balaban J connectivity index is 1.87. The number of halogens is 1. The van der Waals surface area contributed by atoms with Crippen LogP contribution in [-0.4, -0.2) is 28.8 Å². The van der Waals surface area contributed by atoms with E-state index in [1.165, 1.54) is 0 Å². The Kier molecular flexibility index (Phi) is 4.07. The van der Waals surface area contributed by atoms with Gasteiger partial charge in [-0.15, -0.1) is 0 Å². The van der Waals surface area contributed by atoms with Crippen LogP contribution in [0.2, 0.25) is 0 Å². The summed E-state index contributed by atoms with van der Waals surface area (Å²) in [7, 11) is 0. The number of nitrogens with zero attached hydrogens (tertiary/aromatic N) is 2. The molecule has 1 aliphatic rings. The van der Waals surface area contributed by atoms with E-state index in [2.05, 4.69) is 31.7 Å². The highest BCUT2D eigenvalue weighted by molar-refractivity contribution is 9.10. The number of hydrogen-bond donors (Lipinski definition) is 2. The van der Waals surface area contributed by atoms with Gasteiger partial charge in [-0.1, -0.05) is 22.0 Å². The van der Waals surface area contributed by atoms with Gasteiger partial charge in [0.25, 0.3) is 0 Å². The van der Waals surface area contributed by atoms with Crippen molar-refractivity contribution in [2.24, 2.45) is 5.92 Å². The van der Waals surface area contributed by atoms with Crippen LogP contribution < -0.4 is 10.6 Å². The molecular formula is C15H17BrN4O. The molecular weight excluding hydrogens is 332 g/mol. The van der Waals surface area contributed by atoms with E-state index < -0.39 is 0 Å². The van der Waals surface area contributed by atoms with E-state index >= 15 is 0 Å². The van der Waals surface area contributed by atoms with Gasteiger partial charge in [-0.2, -0.15) is 5.10 Å². The number of carbonyl (C=O) groups is 1. The molecule has 5 nitrogen and oxygen atoms in total. The topological polar surface area (TPSA) is 59.0 Å². The standard InChI is InChI=1S/C15H17BrN4O/c1-10-7-14(18-15(21)11-5-6-17-9-11)20(19-10)13-4-2-3-12(16)8-13/h2-4,7-8,11,17H,5-6,9H2,1H3,(H,18,21)/t11-/m1/s1. The van der Waals surface area contributed by atoms with Crippen molar-refractivity contribution in [2.45, 2.75) is 13.3 Å². The number of nitrogens with one attached hydrogen (secondary N) is 2. The third-order valence-corrected chi connectivity index (χ3v) is 4.06. The SMILES string of the molecule is Cc1cc(NC(=O)[C@@H]2CCNC2)n(-c2cccc(Br)c2)n1. The molecule has 2 heterocycles. The van der Waals surface area contributed by atoms with Crippen LogP contribution in [0.25, 0.3) is 5.69 Å². The minimum Gasteiger partial charge on any atom is -0.316 e. The predicted molar refractivity (Wildman–Crippen MR) is 85.6 cm³/mol. The third-order valence-electron chi connectivity index (χ3n) is 3.57. The Bertz CT molecular complexity index is 661. The smallest absolute Gasteiger partial charge is 0.229 e. The first-order valence-corrected chi connectivity index (χ1v) is 7.77. The van der Waals surface area contributed by atoms with Gasteiger partial charge in [0.05, 0.1) is 17.3 Å². The van der Waals surface area contributed by atoms with Gasteiger partial charge in [-0.25, -0.2) is 4.68 Å². The zero-order valence-electron chi connectivity index (χ0n) is 11.8. The highest BCUT2D eigenvalue weighted by Crippen LogP contribution is 2.21. The van der Waals surface area contributed by atoms with E-state index in [9.17, 15) is 4.79 Å². The van der Waals surface area contributed by atoms with Crippen LogP contribution in [0.4, 0.5) is 5.82 Å². The highest BCUT2D eigenvalue weighted by Gasteiger charge is 2.23. The van der Waals surface area contributed by atoms with Gasteiger partial charge in [0.1, 0.15) is 5.82 Å². The van der Waals surface area contributed by atoms with Gasteiger partial charge < -0.3 is 10.6 Å². The van der Waals surface area contributed by atoms with Crippen LogP contribution in [0.15, 0.2) is 34.8 Å². The summed E-state index contributed by atoms with van der Waals surface area (Å²) in [6.07, 6.45) is 0.885. The molecule has 1 aliphatic heterocycles. The van der Waals surface area contributed by atoms with Crippen molar-refractivity contribution in [3.05, 3.63) is 40.5 Å². The number of benzene rings is 1. The molecule has 6 heteroatoms. The zero-order chi connectivity index (χ0) is 14.8. The molecule has 110 valence electrons. The van der Waals surface area contributed by atoms with Crippen LogP contribution >= 0.6 is 15.9 Å². The summed E-state index contributed by atoms with van der Waals surface area (Å²) < 4.78 is 2.74. The van der Waals surface area contributed by atoms with Crippen LogP contribution in [0, 0.1) is 12.8 Å². The first-order valence-electron chi connectivity index (χ1n) is 6.97. The second-order valence-electron chi connectivity index (χ2n) is 5.24. The summed E-state index contributed by atoms with van der Waals surface area (Å²) in [5, 5.41) is 10.7. The molecule has 1 atom stereocenters. The average molecular weight is 349 g/mol. The lowest BCUT2D eigenvalue weighted by atomic mass is 10.1. The third kappa shape index (κ3) is 3.16. The monoisotopic (exact) mass is 348 g/mol. The number of rotatable bonds is 3. The molecule has 0 saturated carbocycles. The summed E-state index contributed by atoms with van der Waals surface area (Å²) in [5.41, 5.74) is 1.78. The summed E-state index contributed by atoms with van der Waals surface area (Å²) in [6, 6.07) is 9.73. The molecule has 0 spiro atoms. The number of aryl methyl sites for hydroxylation is 1. The van der Waals surface area contributed by atoms with E-state index in [4.69, 9.17) is 0 Å². The van der Waals surface area contributed by atoms with Crippen molar-refractivity contribution < 1.29 is 4.79 Å². The number of anilines is 1. The summed E-state index contributed by atoms with van der Waals surface area (Å²) in [4.78, 5) is 12.3. The second kappa shape index (κ2) is 5.99. The largest absolute Gasteiger partial charge is 0.316 e. The Morgan fingerprint density at radius 2 is 2.33 bits per heavy atom. The van der Waals surface area contributed by atoms with Crippen molar-refractivity contribution >= 4 is 27.7 Å². The van der Waals surface area contributed by atoms with E-state index in [0.717, 1.165) is 35.4 Å². The second-order valence-corrected chi connectivity index (χ2v) is 6.16. The van der Waals surface area contributed by atoms with Crippen LogP contribution in [0.5, 0.6) is 0 Å². The maximum atomic E-state index is 12.3. The molecule has 2 N–H and O–H groups in total. The van der Waals surface area contributed by atoms with Crippen molar-refractivity contribution in [2.75, 3.05) is 18.4 Å². The van der Waals surface area contributed by atoms with Gasteiger partial charge in [0.15, 0.2) is 0 Å². The summed E-state index contributed by atoms with van der Waals surface area (Å²) in [5.74, 6) is 0.801. The van der Waals surface area contributed by atoms with Crippen molar-refractivity contribution in [1.29, 1.82) is 0 Å². The first kappa shape index (κ1) is 14.3. The van der Waals surface area contributed by atoms with Gasteiger partial charge in [0.2, 0.25) is 5.91 Å². The molecule has 1 saturated heterocycles. The molecule has 0 aliphatic carbocycles. The normalized spacial score (nSPS) is 17.9. The molecule has 21 heavy (non-hydrogen) atoms. The number of amides is 1. The minimum atomic E-state index is 0.0381. The highest BCUT2D eigenvalue weighted by atomic mass is 79.9. The fraction of sp³-hybridized carbons (Fsp3) is 0.333. The Labute approximate surface area is 131 Å². The maximum absolute atomic E-state index is 12.3. The van der Waals surface area contributed by atoms with Crippen LogP contribution in [0.3, 0.4) is 0 Å². The first-order chi connectivity index (χ1) is 10.1. The Morgan fingerprint density at radius 1 is 1.48 bits per heavy atom. The van der Waals surface area contributed by atoms with Crippen LogP contribution in [0.1, 0.15) is 12.1 Å². The molecule has 2 aromatic rings. The fourth-order valence-corrected chi connectivity index (χ4v) is 2.89. The van der Waals surface area contributed by atoms with Gasteiger partial charge in [-0.05, 0) is 38.1 Å². The molecule has 1 amide bonds.